The minimum Gasteiger partial charge on any atom is -0.465 e. The third kappa shape index (κ3) is 3.08. The van der Waals surface area contributed by atoms with Gasteiger partial charge in [0.1, 0.15) is 0 Å². The molecular formula is C16H24N6O2. The number of carbonyl (C=O) groups is 1. The molecule has 2 aromatic heterocycles. The normalized spacial score (nSPS) is 16.5. The van der Waals surface area contributed by atoms with Gasteiger partial charge in [0, 0.05) is 24.7 Å². The molecule has 8 nitrogen and oxygen atoms in total. The Labute approximate surface area is 140 Å². The minimum absolute atomic E-state index is 0.0458. The zero-order chi connectivity index (χ0) is 17.5. The summed E-state index contributed by atoms with van der Waals surface area (Å²) in [7, 11) is 0. The first-order valence-corrected chi connectivity index (χ1v) is 8.15. The van der Waals surface area contributed by atoms with Gasteiger partial charge in [-0.2, -0.15) is 4.98 Å². The van der Waals surface area contributed by atoms with E-state index in [1.165, 1.54) is 0 Å². The number of rotatable bonds is 2. The van der Waals surface area contributed by atoms with Crippen LogP contribution in [0.5, 0.6) is 0 Å². The molecule has 0 unspecified atom stereocenters. The summed E-state index contributed by atoms with van der Waals surface area (Å²) in [4.78, 5) is 19.6. The van der Waals surface area contributed by atoms with Crippen LogP contribution in [0.2, 0.25) is 0 Å². The van der Waals surface area contributed by atoms with Gasteiger partial charge in [0.2, 0.25) is 5.95 Å². The van der Waals surface area contributed by atoms with Gasteiger partial charge in [-0.1, -0.05) is 0 Å². The fourth-order valence-corrected chi connectivity index (χ4v) is 3.45. The van der Waals surface area contributed by atoms with E-state index in [9.17, 15) is 9.90 Å². The summed E-state index contributed by atoms with van der Waals surface area (Å²) in [6, 6.07) is 3.94. The summed E-state index contributed by atoms with van der Waals surface area (Å²) in [5.41, 5.74) is 6.99. The van der Waals surface area contributed by atoms with E-state index in [4.69, 9.17) is 5.73 Å². The monoisotopic (exact) mass is 332 g/mol. The average molecular weight is 332 g/mol. The molecule has 0 aliphatic carbocycles. The van der Waals surface area contributed by atoms with Crippen molar-refractivity contribution < 1.29 is 9.90 Å². The molecule has 1 aliphatic heterocycles. The third-order valence-corrected chi connectivity index (χ3v) is 4.46. The van der Waals surface area contributed by atoms with Gasteiger partial charge in [0.05, 0.1) is 11.9 Å². The van der Waals surface area contributed by atoms with Crippen LogP contribution < -0.4 is 10.6 Å². The van der Waals surface area contributed by atoms with E-state index in [2.05, 4.69) is 15.0 Å². The van der Waals surface area contributed by atoms with Crippen molar-refractivity contribution >= 4 is 23.4 Å². The Bertz CT molecular complexity index is 743. The summed E-state index contributed by atoms with van der Waals surface area (Å²) < 4.78 is 1.68. The second kappa shape index (κ2) is 5.85. The molecule has 0 aromatic carbocycles. The summed E-state index contributed by atoms with van der Waals surface area (Å²) in [5, 5.41) is 13.7. The van der Waals surface area contributed by atoms with Crippen LogP contribution in [0.3, 0.4) is 0 Å². The Morgan fingerprint density at radius 1 is 1.33 bits per heavy atom. The van der Waals surface area contributed by atoms with Crippen molar-refractivity contribution in [2.45, 2.75) is 45.2 Å². The molecule has 3 heterocycles. The lowest BCUT2D eigenvalue weighted by atomic mass is 9.96. The molecule has 0 spiro atoms. The number of carboxylic acid groups (broad SMARTS) is 1. The smallest absolute Gasteiger partial charge is 0.407 e. The van der Waals surface area contributed by atoms with E-state index < -0.39 is 11.6 Å². The number of nitrogens with zero attached hydrogens (tertiary/aromatic N) is 5. The number of hydrogen-bond acceptors (Lipinski definition) is 5. The lowest BCUT2D eigenvalue weighted by Crippen LogP contribution is -2.54. The Morgan fingerprint density at radius 3 is 2.58 bits per heavy atom. The maximum absolute atomic E-state index is 11.6. The number of hydrogen-bond donors (Lipinski definition) is 2. The van der Waals surface area contributed by atoms with E-state index in [-0.39, 0.29) is 12.0 Å². The quantitative estimate of drug-likeness (QED) is 0.873. The zero-order valence-corrected chi connectivity index (χ0v) is 14.3. The molecule has 2 aromatic rings. The molecule has 0 saturated carbocycles. The number of piperidine rings is 1. The van der Waals surface area contributed by atoms with Crippen LogP contribution in [0.4, 0.5) is 16.4 Å². The fraction of sp³-hybridized carbons (Fsp3) is 0.562. The summed E-state index contributed by atoms with van der Waals surface area (Å²) in [6.07, 6.45) is 2.68. The number of nitrogen functional groups attached to an aromatic ring is 1. The number of anilines is 2. The highest BCUT2D eigenvalue weighted by Gasteiger charge is 2.35. The van der Waals surface area contributed by atoms with Gasteiger partial charge in [0.15, 0.2) is 5.65 Å². The van der Waals surface area contributed by atoms with Crippen LogP contribution in [0.25, 0.3) is 5.65 Å². The predicted molar refractivity (Wildman–Crippen MR) is 92.3 cm³/mol. The molecular weight excluding hydrogens is 308 g/mol. The zero-order valence-electron chi connectivity index (χ0n) is 14.3. The largest absolute Gasteiger partial charge is 0.465 e. The second-order valence-corrected chi connectivity index (χ2v) is 7.20. The Morgan fingerprint density at radius 2 is 2.00 bits per heavy atom. The molecule has 130 valence electrons. The van der Waals surface area contributed by atoms with Crippen LogP contribution in [-0.4, -0.2) is 55.4 Å². The molecule has 8 heteroatoms. The van der Waals surface area contributed by atoms with Crippen molar-refractivity contribution in [3.8, 4) is 0 Å². The van der Waals surface area contributed by atoms with Gasteiger partial charge in [-0.25, -0.2) is 9.31 Å². The maximum atomic E-state index is 11.6. The molecule has 1 saturated heterocycles. The molecule has 1 amide bonds. The lowest BCUT2D eigenvalue weighted by Gasteiger charge is -2.44. The topological polar surface area (TPSA) is 100.0 Å². The van der Waals surface area contributed by atoms with Crippen LogP contribution in [0.15, 0.2) is 18.3 Å². The van der Waals surface area contributed by atoms with E-state index in [1.54, 1.807) is 9.42 Å². The third-order valence-electron chi connectivity index (χ3n) is 4.46. The molecule has 24 heavy (non-hydrogen) atoms. The number of amides is 1. The fourth-order valence-electron chi connectivity index (χ4n) is 3.45. The van der Waals surface area contributed by atoms with Crippen molar-refractivity contribution in [2.75, 3.05) is 23.7 Å². The van der Waals surface area contributed by atoms with Gasteiger partial charge >= 0.3 is 6.09 Å². The first kappa shape index (κ1) is 16.4. The first-order valence-electron chi connectivity index (χ1n) is 8.15. The summed E-state index contributed by atoms with van der Waals surface area (Å²) in [6.45, 7) is 7.43. The van der Waals surface area contributed by atoms with Crippen molar-refractivity contribution in [2.24, 2.45) is 0 Å². The van der Waals surface area contributed by atoms with E-state index in [0.717, 1.165) is 37.3 Å². The average Bonchev–Trinajstić information content (AvgIpc) is 2.85. The highest BCUT2D eigenvalue weighted by molar-refractivity contribution is 5.66. The number of nitrogens with two attached hydrogens (primary N) is 1. The van der Waals surface area contributed by atoms with E-state index >= 15 is 0 Å². The van der Waals surface area contributed by atoms with Crippen LogP contribution >= 0.6 is 0 Å². The first-order chi connectivity index (χ1) is 11.3. The maximum Gasteiger partial charge on any atom is 0.407 e. The number of aromatic nitrogens is 3. The summed E-state index contributed by atoms with van der Waals surface area (Å²) >= 11 is 0. The van der Waals surface area contributed by atoms with E-state index in [0.29, 0.717) is 0 Å². The molecule has 1 aliphatic rings. The van der Waals surface area contributed by atoms with Crippen LogP contribution in [-0.2, 0) is 0 Å². The SMILES string of the molecule is CC(C)(C)N(C(=O)O)C1CCN(c2ccc3nc(N)nn3c2)CC1. The molecule has 3 N–H and O–H groups in total. The van der Waals surface area contributed by atoms with Gasteiger partial charge in [-0.15, -0.1) is 5.10 Å². The molecule has 0 atom stereocenters. The van der Waals surface area contributed by atoms with Gasteiger partial charge < -0.3 is 20.6 Å². The lowest BCUT2D eigenvalue weighted by molar-refractivity contribution is 0.0616. The van der Waals surface area contributed by atoms with Crippen molar-refractivity contribution in [1.29, 1.82) is 0 Å². The van der Waals surface area contributed by atoms with Gasteiger partial charge in [-0.05, 0) is 45.7 Å². The summed E-state index contributed by atoms with van der Waals surface area (Å²) in [5.74, 6) is 0.258. The Kier molecular flexibility index (Phi) is 3.98. The van der Waals surface area contributed by atoms with Crippen molar-refractivity contribution in [1.82, 2.24) is 19.5 Å². The number of pyridine rings is 1. The second-order valence-electron chi connectivity index (χ2n) is 7.20. The van der Waals surface area contributed by atoms with Crippen LogP contribution in [0.1, 0.15) is 33.6 Å². The standard InChI is InChI=1S/C16H24N6O2/c1-16(2,3)22(15(23)24)11-6-8-20(9-7-11)12-4-5-13-18-14(17)19-21(13)10-12/h4-5,10-11H,6-9H2,1-3H3,(H2,17,19)(H,23,24). The molecule has 1 fully saturated rings. The van der Waals surface area contributed by atoms with Gasteiger partial charge in [0.25, 0.3) is 0 Å². The van der Waals surface area contributed by atoms with Crippen molar-refractivity contribution in [3.05, 3.63) is 18.3 Å². The Balaban J connectivity index is 1.72. The van der Waals surface area contributed by atoms with E-state index in [1.807, 2.05) is 39.1 Å². The minimum atomic E-state index is -0.847. The predicted octanol–water partition coefficient (Wildman–Crippen LogP) is 2.06. The highest BCUT2D eigenvalue weighted by Crippen LogP contribution is 2.27. The number of fused-ring (bicyclic) bond motifs is 1. The van der Waals surface area contributed by atoms with Crippen molar-refractivity contribution in [3.63, 3.8) is 0 Å². The van der Waals surface area contributed by atoms with Gasteiger partial charge in [-0.3, -0.25) is 0 Å². The Hall–Kier alpha value is -2.51. The highest BCUT2D eigenvalue weighted by atomic mass is 16.4. The molecule has 0 radical (unpaired) electrons. The molecule has 0 bridgehead atoms. The van der Waals surface area contributed by atoms with Crippen LogP contribution in [0, 0.1) is 0 Å². The molecule has 3 rings (SSSR count).